The zero-order valence-corrected chi connectivity index (χ0v) is 9.66. The average molecular weight is 238 g/mol. The van der Waals surface area contributed by atoms with Gasteiger partial charge in [0.2, 0.25) is 0 Å². The lowest BCUT2D eigenvalue weighted by molar-refractivity contribution is 0.0370. The summed E-state index contributed by atoms with van der Waals surface area (Å²) in [6.07, 6.45) is 0.384. The highest BCUT2D eigenvalue weighted by atomic mass is 32.2. The third kappa shape index (κ3) is 4.43. The number of morpholine rings is 1. The van der Waals surface area contributed by atoms with Crippen LogP contribution in [0.4, 0.5) is 0 Å². The lowest BCUT2D eigenvalue weighted by atomic mass is 10.3. The molecule has 1 heterocycles. The first-order valence-corrected chi connectivity index (χ1v) is 6.48. The van der Waals surface area contributed by atoms with E-state index in [-0.39, 0.29) is 0 Å². The Balaban J connectivity index is 2.33. The Kier molecular flexibility index (Phi) is 4.94. The molecule has 0 amide bonds. The minimum Gasteiger partial charge on any atom is -0.379 e. The second kappa shape index (κ2) is 5.76. The molecule has 0 aromatic rings. The molecule has 1 rings (SSSR count). The van der Waals surface area contributed by atoms with Crippen molar-refractivity contribution in [2.24, 2.45) is 0 Å². The van der Waals surface area contributed by atoms with Crippen molar-refractivity contribution < 1.29 is 17.7 Å². The van der Waals surface area contributed by atoms with E-state index in [1.807, 2.05) is 0 Å². The summed E-state index contributed by atoms with van der Waals surface area (Å²) < 4.78 is 35.8. The van der Waals surface area contributed by atoms with Crippen LogP contribution >= 0.6 is 0 Å². The van der Waals surface area contributed by atoms with Gasteiger partial charge in [-0.15, -0.1) is 0 Å². The molecule has 6 nitrogen and oxygen atoms in total. The van der Waals surface area contributed by atoms with Crippen molar-refractivity contribution in [2.75, 3.05) is 39.9 Å². The minimum atomic E-state index is -3.98. The summed E-state index contributed by atoms with van der Waals surface area (Å²) >= 11 is 0. The Morgan fingerprint density at radius 3 is 2.53 bits per heavy atom. The number of hydrogen-bond donors (Lipinski definition) is 2. The molecule has 0 aromatic heterocycles. The lowest BCUT2D eigenvalue weighted by Crippen LogP contribution is -2.41. The third-order valence-electron chi connectivity index (χ3n) is 2.49. The molecular weight excluding hydrogens is 220 g/mol. The van der Waals surface area contributed by atoms with E-state index >= 15 is 0 Å². The van der Waals surface area contributed by atoms with Crippen LogP contribution in [-0.2, 0) is 14.9 Å². The molecule has 1 unspecified atom stereocenters. The van der Waals surface area contributed by atoms with Gasteiger partial charge in [0.05, 0.1) is 13.2 Å². The van der Waals surface area contributed by atoms with Crippen molar-refractivity contribution in [3.63, 3.8) is 0 Å². The summed E-state index contributed by atoms with van der Waals surface area (Å²) in [5.74, 6) is 0. The Hall–Kier alpha value is -0.210. The highest BCUT2D eigenvalue weighted by molar-refractivity contribution is 7.86. The Labute approximate surface area is 90.3 Å². The summed E-state index contributed by atoms with van der Waals surface area (Å²) in [6.45, 7) is 3.67. The van der Waals surface area contributed by atoms with Crippen LogP contribution < -0.4 is 5.32 Å². The van der Waals surface area contributed by atoms with E-state index in [0.29, 0.717) is 26.2 Å². The quantitative estimate of drug-likeness (QED) is 0.607. The number of ether oxygens (including phenoxy) is 1. The first-order valence-electron chi connectivity index (χ1n) is 4.97. The smallest absolute Gasteiger partial charge is 0.281 e. The lowest BCUT2D eigenvalue weighted by Gasteiger charge is -2.27. The van der Waals surface area contributed by atoms with Crippen molar-refractivity contribution in [3.8, 4) is 0 Å². The Morgan fingerprint density at radius 1 is 1.47 bits per heavy atom. The van der Waals surface area contributed by atoms with E-state index in [1.54, 1.807) is 0 Å². The van der Waals surface area contributed by atoms with Crippen LogP contribution in [0, 0.1) is 0 Å². The van der Waals surface area contributed by atoms with Crippen LogP contribution in [-0.4, -0.2) is 63.1 Å². The van der Waals surface area contributed by atoms with Gasteiger partial charge in [0.25, 0.3) is 10.1 Å². The van der Waals surface area contributed by atoms with Crippen LogP contribution in [0.1, 0.15) is 6.42 Å². The number of hydrogen-bond acceptors (Lipinski definition) is 5. The zero-order valence-electron chi connectivity index (χ0n) is 8.85. The number of nitrogens with one attached hydrogen (secondary N) is 1. The van der Waals surface area contributed by atoms with Gasteiger partial charge in [-0.05, 0) is 13.5 Å². The highest BCUT2D eigenvalue weighted by Gasteiger charge is 2.22. The topological polar surface area (TPSA) is 78.9 Å². The molecular formula is C8H18N2O4S. The van der Waals surface area contributed by atoms with E-state index < -0.39 is 15.5 Å². The molecule has 1 fully saturated rings. The van der Waals surface area contributed by atoms with Gasteiger partial charge in [0, 0.05) is 19.6 Å². The molecule has 7 heteroatoms. The predicted octanol–water partition coefficient (Wildman–Crippen LogP) is -0.858. The summed E-state index contributed by atoms with van der Waals surface area (Å²) in [5, 5.41) is 1.71. The van der Waals surface area contributed by atoms with Crippen molar-refractivity contribution in [3.05, 3.63) is 0 Å². The van der Waals surface area contributed by atoms with Crippen molar-refractivity contribution >= 4 is 10.1 Å². The largest absolute Gasteiger partial charge is 0.379 e. The van der Waals surface area contributed by atoms with Gasteiger partial charge in [0.15, 0.2) is 0 Å². The first-order chi connectivity index (χ1) is 7.04. The Morgan fingerprint density at radius 2 is 2.07 bits per heavy atom. The van der Waals surface area contributed by atoms with Crippen molar-refractivity contribution in [1.82, 2.24) is 10.2 Å². The standard InChI is InChI=1S/C8H18N2O4S/c1-9-8(15(11,12)13)2-3-10-4-6-14-7-5-10/h8-9H,2-7H2,1H3,(H,11,12,13). The monoisotopic (exact) mass is 238 g/mol. The van der Waals surface area contributed by atoms with Crippen LogP contribution in [0.15, 0.2) is 0 Å². The van der Waals surface area contributed by atoms with Gasteiger partial charge < -0.3 is 10.1 Å². The second-order valence-electron chi connectivity index (χ2n) is 3.53. The first kappa shape index (κ1) is 12.9. The van der Waals surface area contributed by atoms with E-state index in [4.69, 9.17) is 9.29 Å². The molecule has 0 spiro atoms. The summed E-state index contributed by atoms with van der Waals surface area (Å²) in [4.78, 5) is 2.12. The Bertz CT molecular complexity index is 274. The van der Waals surface area contributed by atoms with Crippen LogP contribution in [0.3, 0.4) is 0 Å². The molecule has 0 radical (unpaired) electrons. The maximum Gasteiger partial charge on any atom is 0.281 e. The van der Waals surface area contributed by atoms with E-state index in [0.717, 1.165) is 13.1 Å². The van der Waals surface area contributed by atoms with Gasteiger partial charge in [-0.1, -0.05) is 0 Å². The van der Waals surface area contributed by atoms with Crippen molar-refractivity contribution in [1.29, 1.82) is 0 Å². The van der Waals surface area contributed by atoms with Gasteiger partial charge in [-0.3, -0.25) is 9.45 Å². The maximum atomic E-state index is 10.9. The van der Waals surface area contributed by atoms with Gasteiger partial charge >= 0.3 is 0 Å². The number of rotatable bonds is 5. The summed E-state index contributed by atoms with van der Waals surface area (Å²) in [6, 6.07) is 0. The minimum absolute atomic E-state index is 0.384. The van der Waals surface area contributed by atoms with Crippen LogP contribution in [0.25, 0.3) is 0 Å². The third-order valence-corrected chi connectivity index (χ3v) is 3.68. The molecule has 2 N–H and O–H groups in total. The second-order valence-corrected chi connectivity index (χ2v) is 5.13. The van der Waals surface area contributed by atoms with E-state index in [2.05, 4.69) is 10.2 Å². The van der Waals surface area contributed by atoms with Crippen LogP contribution in [0.2, 0.25) is 0 Å². The average Bonchev–Trinajstić information content (AvgIpc) is 2.18. The molecule has 15 heavy (non-hydrogen) atoms. The fourth-order valence-electron chi connectivity index (χ4n) is 1.57. The maximum absolute atomic E-state index is 10.9. The molecule has 1 aliphatic rings. The zero-order chi connectivity index (χ0) is 11.3. The summed E-state index contributed by atoms with van der Waals surface area (Å²) in [5.41, 5.74) is 0. The molecule has 0 bridgehead atoms. The van der Waals surface area contributed by atoms with Crippen molar-refractivity contribution in [2.45, 2.75) is 11.8 Å². The van der Waals surface area contributed by atoms with Crippen LogP contribution in [0.5, 0.6) is 0 Å². The molecule has 0 aromatic carbocycles. The SMILES string of the molecule is CNC(CCN1CCOCC1)S(=O)(=O)O. The molecule has 1 atom stereocenters. The molecule has 0 saturated carbocycles. The fourth-order valence-corrected chi connectivity index (χ4v) is 2.27. The van der Waals surface area contributed by atoms with E-state index in [1.165, 1.54) is 7.05 Å². The molecule has 0 aliphatic carbocycles. The highest BCUT2D eigenvalue weighted by Crippen LogP contribution is 2.04. The van der Waals surface area contributed by atoms with Gasteiger partial charge in [-0.25, -0.2) is 0 Å². The normalized spacial score (nSPS) is 21.5. The van der Waals surface area contributed by atoms with Gasteiger partial charge in [-0.2, -0.15) is 8.42 Å². The predicted molar refractivity (Wildman–Crippen MR) is 56.3 cm³/mol. The number of nitrogens with zero attached hydrogens (tertiary/aromatic N) is 1. The molecule has 1 aliphatic heterocycles. The molecule has 90 valence electrons. The van der Waals surface area contributed by atoms with E-state index in [9.17, 15) is 8.42 Å². The fraction of sp³-hybridized carbons (Fsp3) is 1.00. The molecule has 1 saturated heterocycles. The summed E-state index contributed by atoms with van der Waals surface area (Å²) in [7, 11) is -2.46. The van der Waals surface area contributed by atoms with Gasteiger partial charge in [0.1, 0.15) is 5.37 Å².